The normalized spacial score (nSPS) is 28.3. The minimum atomic E-state index is -1.11. The van der Waals surface area contributed by atoms with E-state index in [0.29, 0.717) is 0 Å². The lowest BCUT2D eigenvalue weighted by atomic mass is 10.0. The van der Waals surface area contributed by atoms with Gasteiger partial charge >= 0.3 is 0 Å². The summed E-state index contributed by atoms with van der Waals surface area (Å²) in [6.45, 7) is 0. The minimum Gasteiger partial charge on any atom is -0.289 e. The Morgan fingerprint density at radius 1 is 0.609 bits per heavy atom. The van der Waals surface area contributed by atoms with Crippen molar-refractivity contribution in [2.45, 2.75) is 0 Å². The Morgan fingerprint density at radius 3 is 1.83 bits per heavy atom. The van der Waals surface area contributed by atoms with Gasteiger partial charge in [-0.15, -0.1) is 0 Å². The number of carbonyl (C=O) groups is 3. The highest BCUT2D eigenvalue weighted by atomic mass is 16.2. The van der Waals surface area contributed by atoms with Crippen LogP contribution in [0.15, 0.2) is 50.3 Å². The van der Waals surface area contributed by atoms with Crippen LogP contribution in [0.2, 0.25) is 0 Å². The van der Waals surface area contributed by atoms with Crippen molar-refractivity contribution in [2.75, 3.05) is 0 Å². The zero-order chi connectivity index (χ0) is 16.7. The molecule has 1 saturated carbocycles. The second-order valence-corrected chi connectivity index (χ2v) is 5.04. The first kappa shape index (κ1) is 14.6. The molecule has 1 aromatic rings. The summed E-state index contributed by atoms with van der Waals surface area (Å²) in [6, 6.07) is 0. The molecule has 0 heterocycles. The van der Waals surface area contributed by atoms with Crippen LogP contribution in [0.4, 0.5) is 0 Å². The Bertz CT molecular complexity index is 1120. The standard InChI is InChI=1S/C17H8O6/c18-12-8-4-1-2-5-9-11(15(21)17(23)13(9)19)7-3-6-10(8)14(20)16(12)22/h1-7,10H/b2-1-,6-3-,8-4+,9-5+,11-7+. The summed E-state index contributed by atoms with van der Waals surface area (Å²) in [4.78, 5) is 70.0. The molecule has 0 radical (unpaired) electrons. The van der Waals surface area contributed by atoms with Crippen LogP contribution in [-0.2, 0) is 14.4 Å². The van der Waals surface area contributed by atoms with Gasteiger partial charge in [0.2, 0.25) is 22.4 Å². The van der Waals surface area contributed by atoms with Gasteiger partial charge in [0, 0.05) is 16.0 Å². The number of ketones is 3. The molecule has 0 aliphatic heterocycles. The maximum Gasteiger partial charge on any atom is 0.273 e. The summed E-state index contributed by atoms with van der Waals surface area (Å²) < 4.78 is 0. The lowest BCUT2D eigenvalue weighted by molar-refractivity contribution is -0.140. The molecule has 2 aliphatic carbocycles. The molecule has 0 amide bonds. The SMILES string of the molecule is O=C1C(=O)/C2=C/C=C\C=c3\c(=O)c(=O)c(=O)\c3=C\C=C/C2C1=O. The van der Waals surface area contributed by atoms with E-state index in [9.17, 15) is 28.8 Å². The van der Waals surface area contributed by atoms with Crippen molar-refractivity contribution in [1.29, 1.82) is 0 Å². The van der Waals surface area contributed by atoms with E-state index in [1.807, 2.05) is 0 Å². The quantitative estimate of drug-likeness (QED) is 0.495. The first-order valence-electron chi connectivity index (χ1n) is 6.67. The molecular formula is C17H8O6. The maximum absolute atomic E-state index is 11.8. The summed E-state index contributed by atoms with van der Waals surface area (Å²) in [5, 5.41) is -0.118. The summed E-state index contributed by atoms with van der Waals surface area (Å²) in [5.41, 5.74) is -2.89. The molecule has 6 nitrogen and oxygen atoms in total. The third-order valence-corrected chi connectivity index (χ3v) is 3.72. The van der Waals surface area contributed by atoms with Gasteiger partial charge in [0.1, 0.15) is 0 Å². The minimum absolute atomic E-state index is 0.0325. The van der Waals surface area contributed by atoms with E-state index in [1.165, 1.54) is 42.5 Å². The van der Waals surface area contributed by atoms with Crippen LogP contribution in [-0.4, -0.2) is 17.3 Å². The highest BCUT2D eigenvalue weighted by Gasteiger charge is 2.42. The number of carbonyl (C=O) groups excluding carboxylic acids is 3. The van der Waals surface area contributed by atoms with Crippen LogP contribution in [0.3, 0.4) is 0 Å². The van der Waals surface area contributed by atoms with Crippen molar-refractivity contribution in [3.8, 4) is 0 Å². The fourth-order valence-corrected chi connectivity index (χ4v) is 2.53. The average molecular weight is 308 g/mol. The highest BCUT2D eigenvalue weighted by Crippen LogP contribution is 2.24. The second kappa shape index (κ2) is 5.17. The Kier molecular flexibility index (Phi) is 3.29. The zero-order valence-electron chi connectivity index (χ0n) is 11.6. The van der Waals surface area contributed by atoms with Gasteiger partial charge in [0.15, 0.2) is 0 Å². The van der Waals surface area contributed by atoms with Crippen LogP contribution in [0.5, 0.6) is 0 Å². The Labute approximate surface area is 127 Å². The average Bonchev–Trinajstić information content (AvgIpc) is 2.85. The van der Waals surface area contributed by atoms with E-state index in [2.05, 4.69) is 0 Å². The largest absolute Gasteiger partial charge is 0.289 e. The number of rotatable bonds is 0. The molecule has 2 aliphatic rings. The third kappa shape index (κ3) is 2.12. The lowest BCUT2D eigenvalue weighted by Crippen LogP contribution is -2.36. The lowest BCUT2D eigenvalue weighted by Gasteiger charge is -1.99. The molecule has 23 heavy (non-hydrogen) atoms. The van der Waals surface area contributed by atoms with Gasteiger partial charge in [-0.05, 0) is 0 Å². The summed E-state index contributed by atoms with van der Waals surface area (Å²) in [5.74, 6) is -3.82. The van der Waals surface area contributed by atoms with Gasteiger partial charge < -0.3 is 0 Å². The number of Topliss-reactive ketones (excluding diaryl/α,β-unsaturated/α-hetero) is 3. The molecule has 1 unspecified atom stereocenters. The van der Waals surface area contributed by atoms with Crippen molar-refractivity contribution in [1.82, 2.24) is 0 Å². The smallest absolute Gasteiger partial charge is 0.273 e. The third-order valence-electron chi connectivity index (χ3n) is 3.72. The molecule has 1 atom stereocenters. The summed E-state index contributed by atoms with van der Waals surface area (Å²) >= 11 is 0. The number of allylic oxidation sites excluding steroid dienone is 6. The first-order chi connectivity index (χ1) is 10.9. The van der Waals surface area contributed by atoms with Crippen LogP contribution in [0, 0.1) is 5.92 Å². The summed E-state index contributed by atoms with van der Waals surface area (Å²) in [6.07, 6.45) is 9.14. The van der Waals surface area contributed by atoms with E-state index in [4.69, 9.17) is 0 Å². The van der Waals surface area contributed by atoms with Gasteiger partial charge in [0.05, 0.1) is 5.92 Å². The summed E-state index contributed by atoms with van der Waals surface area (Å²) in [7, 11) is 0. The number of hydrogen-bond donors (Lipinski definition) is 0. The van der Waals surface area contributed by atoms with Crippen LogP contribution in [0.1, 0.15) is 0 Å². The molecule has 0 spiro atoms. The molecule has 6 heteroatoms. The monoisotopic (exact) mass is 308 g/mol. The van der Waals surface area contributed by atoms with E-state index in [0.717, 1.165) is 0 Å². The van der Waals surface area contributed by atoms with Crippen molar-refractivity contribution in [3.05, 3.63) is 77.1 Å². The topological polar surface area (TPSA) is 102 Å². The zero-order valence-corrected chi connectivity index (χ0v) is 11.6. The molecular weight excluding hydrogens is 300 g/mol. The Balaban J connectivity index is 2.31. The van der Waals surface area contributed by atoms with Gasteiger partial charge in [0.25, 0.3) is 11.2 Å². The molecule has 112 valence electrons. The van der Waals surface area contributed by atoms with Crippen LogP contribution < -0.4 is 26.7 Å². The van der Waals surface area contributed by atoms with E-state index < -0.39 is 39.6 Å². The van der Waals surface area contributed by atoms with Gasteiger partial charge in [-0.1, -0.05) is 42.5 Å². The Hall–Kier alpha value is -3.28. The number of fused-ring (bicyclic) bond motifs is 2. The Morgan fingerprint density at radius 2 is 1.17 bits per heavy atom. The van der Waals surface area contributed by atoms with E-state index >= 15 is 0 Å². The maximum atomic E-state index is 11.8. The first-order valence-corrected chi connectivity index (χ1v) is 6.67. The van der Waals surface area contributed by atoms with Crippen LogP contribution in [0.25, 0.3) is 12.2 Å². The molecule has 3 rings (SSSR count). The van der Waals surface area contributed by atoms with E-state index in [-0.39, 0.29) is 16.0 Å². The fourth-order valence-electron chi connectivity index (χ4n) is 2.53. The van der Waals surface area contributed by atoms with Gasteiger partial charge in [-0.2, -0.15) is 0 Å². The molecule has 0 aromatic heterocycles. The molecule has 0 bridgehead atoms. The van der Waals surface area contributed by atoms with Gasteiger partial charge in [-0.25, -0.2) is 0 Å². The van der Waals surface area contributed by atoms with Crippen molar-refractivity contribution in [2.24, 2.45) is 5.92 Å². The van der Waals surface area contributed by atoms with Crippen molar-refractivity contribution >= 4 is 29.5 Å². The molecule has 1 fully saturated rings. The predicted octanol–water partition coefficient (Wildman–Crippen LogP) is -2.41. The number of hydrogen-bond acceptors (Lipinski definition) is 6. The molecule has 1 aromatic carbocycles. The molecule has 0 saturated heterocycles. The van der Waals surface area contributed by atoms with E-state index in [1.54, 1.807) is 0 Å². The van der Waals surface area contributed by atoms with Gasteiger partial charge in [-0.3, -0.25) is 28.8 Å². The van der Waals surface area contributed by atoms with Crippen LogP contribution >= 0.6 is 0 Å². The predicted molar refractivity (Wildman–Crippen MR) is 80.7 cm³/mol. The highest BCUT2D eigenvalue weighted by molar-refractivity contribution is 6.72. The van der Waals surface area contributed by atoms with Crippen molar-refractivity contribution in [3.63, 3.8) is 0 Å². The fraction of sp³-hybridized carbons (Fsp3) is 0.0588. The second-order valence-electron chi connectivity index (χ2n) is 5.04. The van der Waals surface area contributed by atoms with Crippen molar-refractivity contribution < 1.29 is 14.4 Å². The molecule has 0 N–H and O–H groups in total.